The average molecular weight is 404 g/mol. The number of amides is 1. The Hall–Kier alpha value is -1.60. The molecule has 1 aromatic rings. The summed E-state index contributed by atoms with van der Waals surface area (Å²) in [5, 5.41) is 7.73. The van der Waals surface area contributed by atoms with E-state index < -0.39 is 0 Å². The second kappa shape index (κ2) is 9.94. The summed E-state index contributed by atoms with van der Waals surface area (Å²) in [6.45, 7) is 9.10. The number of aromatic amines is 1. The molecule has 2 saturated heterocycles. The molecule has 0 aromatic carbocycles. The summed E-state index contributed by atoms with van der Waals surface area (Å²) in [7, 11) is 0. The van der Waals surface area contributed by atoms with Gasteiger partial charge in [0.25, 0.3) is 0 Å². The molecule has 162 valence electrons. The number of carbonyl (C=O) groups excluding carboxylic acids is 1. The van der Waals surface area contributed by atoms with E-state index in [1.165, 1.54) is 62.7 Å². The smallest absolute Gasteiger partial charge is 0.409 e. The molecule has 1 atom stereocenters. The molecule has 1 N–H and O–H groups in total. The van der Waals surface area contributed by atoms with Gasteiger partial charge in [-0.3, -0.25) is 14.9 Å². The van der Waals surface area contributed by atoms with E-state index in [2.05, 4.69) is 26.2 Å². The van der Waals surface area contributed by atoms with Crippen LogP contribution in [-0.4, -0.2) is 82.9 Å². The highest BCUT2D eigenvalue weighted by Gasteiger charge is 2.30. The van der Waals surface area contributed by atoms with Gasteiger partial charge >= 0.3 is 6.09 Å². The molecule has 7 heteroatoms. The van der Waals surface area contributed by atoms with Gasteiger partial charge in [0.15, 0.2) is 0 Å². The Balaban J connectivity index is 1.29. The van der Waals surface area contributed by atoms with Crippen molar-refractivity contribution < 1.29 is 9.53 Å². The lowest BCUT2D eigenvalue weighted by molar-refractivity contribution is 0.0412. The molecule has 4 rings (SSSR count). The number of ether oxygens (including phenoxy) is 1. The highest BCUT2D eigenvalue weighted by atomic mass is 16.6. The van der Waals surface area contributed by atoms with Crippen molar-refractivity contribution in [3.8, 4) is 0 Å². The van der Waals surface area contributed by atoms with E-state index in [1.807, 2.05) is 11.8 Å². The maximum absolute atomic E-state index is 11.9. The van der Waals surface area contributed by atoms with Gasteiger partial charge in [0.2, 0.25) is 0 Å². The van der Waals surface area contributed by atoms with Crippen LogP contribution in [-0.2, 0) is 11.3 Å². The topological polar surface area (TPSA) is 64.7 Å². The van der Waals surface area contributed by atoms with Gasteiger partial charge < -0.3 is 9.64 Å². The van der Waals surface area contributed by atoms with Crippen LogP contribution in [0.25, 0.3) is 0 Å². The van der Waals surface area contributed by atoms with Crippen molar-refractivity contribution in [2.45, 2.75) is 70.4 Å². The third kappa shape index (κ3) is 5.12. The van der Waals surface area contributed by atoms with Crippen LogP contribution >= 0.6 is 0 Å². The van der Waals surface area contributed by atoms with Crippen LogP contribution in [0.4, 0.5) is 4.79 Å². The predicted octanol–water partition coefficient (Wildman–Crippen LogP) is 3.20. The Morgan fingerprint density at radius 3 is 2.66 bits per heavy atom. The molecule has 0 spiro atoms. The minimum Gasteiger partial charge on any atom is -0.450 e. The zero-order valence-corrected chi connectivity index (χ0v) is 17.9. The van der Waals surface area contributed by atoms with Crippen molar-refractivity contribution in [2.75, 3.05) is 45.9 Å². The monoisotopic (exact) mass is 403 g/mol. The molecule has 1 aliphatic carbocycles. The second-order valence-corrected chi connectivity index (χ2v) is 8.90. The van der Waals surface area contributed by atoms with Crippen molar-refractivity contribution in [2.24, 2.45) is 0 Å². The molecular formula is C22H37N5O2. The van der Waals surface area contributed by atoms with Gasteiger partial charge in [0.1, 0.15) is 0 Å². The molecule has 2 aliphatic heterocycles. The number of carbonyl (C=O) groups is 1. The summed E-state index contributed by atoms with van der Waals surface area (Å²) in [6, 6.07) is 0.595. The molecule has 0 radical (unpaired) electrons. The van der Waals surface area contributed by atoms with Crippen LogP contribution in [0.5, 0.6) is 0 Å². The zero-order valence-electron chi connectivity index (χ0n) is 17.9. The summed E-state index contributed by atoms with van der Waals surface area (Å²) in [4.78, 5) is 19.0. The Kier molecular flexibility index (Phi) is 7.08. The van der Waals surface area contributed by atoms with E-state index in [0.717, 1.165) is 39.3 Å². The molecule has 3 fully saturated rings. The van der Waals surface area contributed by atoms with Gasteiger partial charge in [0, 0.05) is 62.5 Å². The molecular weight excluding hydrogens is 366 g/mol. The van der Waals surface area contributed by atoms with E-state index in [9.17, 15) is 4.79 Å². The van der Waals surface area contributed by atoms with Crippen molar-refractivity contribution >= 4 is 6.09 Å². The van der Waals surface area contributed by atoms with Gasteiger partial charge in [0.05, 0.1) is 12.8 Å². The van der Waals surface area contributed by atoms with Crippen molar-refractivity contribution in [1.82, 2.24) is 24.9 Å². The van der Waals surface area contributed by atoms with E-state index >= 15 is 0 Å². The first-order chi connectivity index (χ1) is 14.2. The van der Waals surface area contributed by atoms with Crippen LogP contribution in [0, 0.1) is 0 Å². The third-order valence-corrected chi connectivity index (χ3v) is 7.00. The van der Waals surface area contributed by atoms with Gasteiger partial charge in [-0.25, -0.2) is 4.79 Å². The number of hydrogen-bond donors (Lipinski definition) is 1. The molecule has 1 amide bonds. The Bertz CT molecular complexity index is 649. The van der Waals surface area contributed by atoms with E-state index in [4.69, 9.17) is 4.74 Å². The molecule has 0 unspecified atom stereocenters. The number of hydrogen-bond acceptors (Lipinski definition) is 5. The fourth-order valence-corrected chi connectivity index (χ4v) is 5.39. The molecule has 3 heterocycles. The van der Waals surface area contributed by atoms with Crippen LogP contribution in [0.3, 0.4) is 0 Å². The lowest BCUT2D eigenvalue weighted by Crippen LogP contribution is -2.55. The maximum Gasteiger partial charge on any atom is 0.409 e. The normalized spacial score (nSPS) is 25.3. The first-order valence-corrected chi connectivity index (χ1v) is 11.6. The minimum absolute atomic E-state index is 0.160. The fourth-order valence-electron chi connectivity index (χ4n) is 5.39. The lowest BCUT2D eigenvalue weighted by atomic mass is 9.85. The molecule has 0 bridgehead atoms. The molecule has 1 saturated carbocycles. The lowest BCUT2D eigenvalue weighted by Gasteiger charge is -2.43. The Morgan fingerprint density at radius 1 is 1.10 bits per heavy atom. The molecule has 1 aromatic heterocycles. The van der Waals surface area contributed by atoms with Gasteiger partial charge in [-0.05, 0) is 39.2 Å². The predicted molar refractivity (Wildman–Crippen MR) is 113 cm³/mol. The van der Waals surface area contributed by atoms with Crippen LogP contribution in [0.15, 0.2) is 6.20 Å². The summed E-state index contributed by atoms with van der Waals surface area (Å²) >= 11 is 0. The van der Waals surface area contributed by atoms with Gasteiger partial charge in [-0.2, -0.15) is 5.10 Å². The standard InChI is InChI=1S/C22H37N5O2/c1-2-29-22(28)27-13-11-26(12-14-27)20-9-6-10-25(17-20)16-19-15-23-24-21(19)18-7-4-3-5-8-18/h15,18,20H,2-14,16-17H2,1H3,(H,23,24)/t20-/m0/s1. The van der Waals surface area contributed by atoms with Crippen molar-refractivity contribution in [3.63, 3.8) is 0 Å². The first kappa shape index (κ1) is 20.7. The third-order valence-electron chi connectivity index (χ3n) is 7.00. The van der Waals surface area contributed by atoms with E-state index in [-0.39, 0.29) is 6.09 Å². The largest absolute Gasteiger partial charge is 0.450 e. The summed E-state index contributed by atoms with van der Waals surface area (Å²) in [6.07, 6.45) is 11.1. The summed E-state index contributed by atoms with van der Waals surface area (Å²) < 4.78 is 5.15. The fraction of sp³-hybridized carbons (Fsp3) is 0.818. The summed E-state index contributed by atoms with van der Waals surface area (Å²) in [5.74, 6) is 0.679. The van der Waals surface area contributed by atoms with E-state index in [0.29, 0.717) is 18.6 Å². The van der Waals surface area contributed by atoms with Crippen molar-refractivity contribution in [3.05, 3.63) is 17.5 Å². The number of piperazine rings is 1. The SMILES string of the molecule is CCOC(=O)N1CCN([C@H]2CCCN(Cc3cn[nH]c3C3CCCCC3)C2)CC1. The quantitative estimate of drug-likeness (QED) is 0.818. The highest BCUT2D eigenvalue weighted by Crippen LogP contribution is 2.33. The molecule has 7 nitrogen and oxygen atoms in total. The number of aromatic nitrogens is 2. The number of likely N-dealkylation sites (tertiary alicyclic amines) is 1. The van der Waals surface area contributed by atoms with Gasteiger partial charge in [-0.1, -0.05) is 19.3 Å². The van der Waals surface area contributed by atoms with Gasteiger partial charge in [-0.15, -0.1) is 0 Å². The number of piperidine rings is 1. The zero-order chi connectivity index (χ0) is 20.1. The van der Waals surface area contributed by atoms with Crippen molar-refractivity contribution in [1.29, 1.82) is 0 Å². The number of rotatable bonds is 5. The second-order valence-electron chi connectivity index (χ2n) is 8.90. The molecule has 29 heavy (non-hydrogen) atoms. The highest BCUT2D eigenvalue weighted by molar-refractivity contribution is 5.67. The van der Waals surface area contributed by atoms with Crippen LogP contribution in [0.1, 0.15) is 69.0 Å². The van der Waals surface area contributed by atoms with Crippen LogP contribution < -0.4 is 0 Å². The average Bonchev–Trinajstić information content (AvgIpc) is 3.23. The number of H-pyrrole nitrogens is 1. The molecule has 3 aliphatic rings. The van der Waals surface area contributed by atoms with E-state index in [1.54, 1.807) is 0 Å². The number of nitrogens with zero attached hydrogens (tertiary/aromatic N) is 4. The first-order valence-electron chi connectivity index (χ1n) is 11.6. The summed E-state index contributed by atoms with van der Waals surface area (Å²) in [5.41, 5.74) is 2.81. The Morgan fingerprint density at radius 2 is 1.90 bits per heavy atom. The Labute approximate surface area is 174 Å². The van der Waals surface area contributed by atoms with Crippen LogP contribution in [0.2, 0.25) is 0 Å². The number of nitrogens with one attached hydrogen (secondary N) is 1. The maximum atomic E-state index is 11.9. The minimum atomic E-state index is -0.160.